The third-order valence-electron chi connectivity index (χ3n) is 0.979. The molecule has 0 saturated heterocycles. The number of hydrogen-bond acceptors (Lipinski definition) is 4. The normalized spacial score (nSPS) is 8.58. The van der Waals surface area contributed by atoms with Gasteiger partial charge in [0.25, 0.3) is 0 Å². The van der Waals surface area contributed by atoms with Gasteiger partial charge in [-0.25, -0.2) is 4.13 Å². The topological polar surface area (TPSA) is 24.9 Å². The molecule has 0 aromatic carbocycles. The van der Waals surface area contributed by atoms with Crippen LogP contribution in [0, 0.1) is 6.92 Å². The van der Waals surface area contributed by atoms with Gasteiger partial charge < -0.3 is 0 Å². The Bertz CT molecular complexity index is 178. The van der Waals surface area contributed by atoms with Crippen molar-refractivity contribution in [2.45, 2.75) is 6.92 Å². The molecule has 1 aromatic heterocycles. The molecule has 12 heavy (non-hydrogen) atoms. The van der Waals surface area contributed by atoms with Crippen LogP contribution in [0.4, 0.5) is 0 Å². The smallest absolute Gasteiger partial charge is 0.0372 e. The summed E-state index contributed by atoms with van der Waals surface area (Å²) >= 11 is 3.23. The van der Waals surface area contributed by atoms with Crippen LogP contribution in [0.15, 0.2) is 24.4 Å². The fraction of sp³-hybridized carbons (Fsp3) is 0.375. The second-order valence-corrected chi connectivity index (χ2v) is 3.45. The molecule has 2 nitrogen and oxygen atoms in total. The van der Waals surface area contributed by atoms with Crippen molar-refractivity contribution in [3.63, 3.8) is 0 Å². The lowest BCUT2D eigenvalue weighted by Crippen LogP contribution is -1.80. The Kier molecular flexibility index (Phi) is 8.76. The largest absolute Gasteiger partial charge is 0.262 e. The minimum atomic E-state index is 1.07. The number of aromatic nitrogens is 1. The first kappa shape index (κ1) is 11.8. The zero-order chi connectivity index (χ0) is 9.23. The summed E-state index contributed by atoms with van der Waals surface area (Å²) < 4.78 is 2.94. The van der Waals surface area contributed by atoms with E-state index in [1.54, 1.807) is 30.1 Å². The van der Waals surface area contributed by atoms with Gasteiger partial charge in [0.2, 0.25) is 0 Å². The van der Waals surface area contributed by atoms with E-state index in [0.29, 0.717) is 0 Å². The van der Waals surface area contributed by atoms with E-state index in [1.807, 2.05) is 37.6 Å². The van der Waals surface area contributed by atoms with Crippen molar-refractivity contribution < 1.29 is 0 Å². The summed E-state index contributed by atoms with van der Waals surface area (Å²) in [6.45, 7) is 1.97. The van der Waals surface area contributed by atoms with Gasteiger partial charge in [-0.05, 0) is 31.6 Å². The van der Waals surface area contributed by atoms with Gasteiger partial charge in [-0.3, -0.25) is 4.98 Å². The van der Waals surface area contributed by atoms with Crippen molar-refractivity contribution in [3.05, 3.63) is 30.1 Å². The van der Waals surface area contributed by atoms with Crippen molar-refractivity contribution in [1.82, 2.24) is 9.11 Å². The van der Waals surface area contributed by atoms with E-state index in [-0.39, 0.29) is 0 Å². The zero-order valence-corrected chi connectivity index (χ0v) is 9.21. The Hall–Kier alpha value is -0.190. The average Bonchev–Trinajstić information content (AvgIpc) is 2.08. The highest BCUT2D eigenvalue weighted by Gasteiger charge is 1.73. The third kappa shape index (κ3) is 7.91. The Balaban J connectivity index is 0.000000217. The molecule has 0 amide bonds. The van der Waals surface area contributed by atoms with E-state index in [0.717, 1.165) is 5.69 Å². The minimum absolute atomic E-state index is 1.07. The van der Waals surface area contributed by atoms with Crippen molar-refractivity contribution in [3.8, 4) is 0 Å². The third-order valence-corrected chi connectivity index (χ3v) is 2.31. The maximum Gasteiger partial charge on any atom is 0.0372 e. The molecule has 0 aliphatic carbocycles. The molecule has 1 N–H and O–H groups in total. The van der Waals surface area contributed by atoms with Crippen LogP contribution in [0.3, 0.4) is 0 Å². The molecular weight excluding hydrogens is 188 g/mol. The fourth-order valence-corrected chi connectivity index (χ4v) is 1.20. The molecule has 1 heterocycles. The van der Waals surface area contributed by atoms with Crippen LogP contribution in [0.5, 0.6) is 0 Å². The zero-order valence-electron chi connectivity index (χ0n) is 7.57. The SMILES string of the molecule is CSNSC.Cc1ccccn1. The molecule has 0 unspecified atom stereocenters. The van der Waals surface area contributed by atoms with E-state index in [9.17, 15) is 0 Å². The Labute approximate surface area is 82.8 Å². The van der Waals surface area contributed by atoms with E-state index < -0.39 is 0 Å². The molecule has 1 aromatic rings. The van der Waals surface area contributed by atoms with Crippen LogP contribution in [0.25, 0.3) is 0 Å². The second kappa shape index (κ2) is 8.90. The molecule has 0 radical (unpaired) electrons. The van der Waals surface area contributed by atoms with Gasteiger partial charge in [0.05, 0.1) is 0 Å². The van der Waals surface area contributed by atoms with Crippen molar-refractivity contribution in [1.29, 1.82) is 0 Å². The minimum Gasteiger partial charge on any atom is -0.262 e. The molecule has 0 saturated carbocycles. The van der Waals surface area contributed by atoms with Crippen molar-refractivity contribution in [2.75, 3.05) is 12.5 Å². The summed E-state index contributed by atoms with van der Waals surface area (Å²) in [6.07, 6.45) is 5.78. The molecular formula is C8H14N2S2. The van der Waals surface area contributed by atoms with Crippen molar-refractivity contribution in [2.24, 2.45) is 0 Å². The van der Waals surface area contributed by atoms with Crippen LogP contribution >= 0.6 is 23.9 Å². The van der Waals surface area contributed by atoms with E-state index >= 15 is 0 Å². The maximum atomic E-state index is 3.98. The van der Waals surface area contributed by atoms with Crippen LogP contribution in [0.1, 0.15) is 5.69 Å². The second-order valence-electron chi connectivity index (χ2n) is 1.96. The monoisotopic (exact) mass is 202 g/mol. The van der Waals surface area contributed by atoms with Crippen LogP contribution in [0.2, 0.25) is 0 Å². The van der Waals surface area contributed by atoms with Crippen LogP contribution < -0.4 is 4.13 Å². The summed E-state index contributed by atoms with van der Waals surface area (Å²) in [5.74, 6) is 0. The van der Waals surface area contributed by atoms with Gasteiger partial charge in [0.1, 0.15) is 0 Å². The first-order valence-electron chi connectivity index (χ1n) is 3.50. The molecule has 1 rings (SSSR count). The molecule has 0 spiro atoms. The number of nitrogens with one attached hydrogen (secondary N) is 1. The Morgan fingerprint density at radius 3 is 2.08 bits per heavy atom. The van der Waals surface area contributed by atoms with Gasteiger partial charge >= 0.3 is 0 Å². The first-order chi connectivity index (χ1) is 5.81. The first-order valence-corrected chi connectivity index (χ1v) is 5.94. The molecule has 0 bridgehead atoms. The quantitative estimate of drug-likeness (QED) is 0.745. The van der Waals surface area contributed by atoms with Gasteiger partial charge in [-0.15, -0.1) is 0 Å². The van der Waals surface area contributed by atoms with E-state index in [1.165, 1.54) is 0 Å². The Morgan fingerprint density at radius 2 is 1.92 bits per heavy atom. The van der Waals surface area contributed by atoms with Gasteiger partial charge in [-0.2, -0.15) is 0 Å². The summed E-state index contributed by atoms with van der Waals surface area (Å²) in [5, 5.41) is 0. The molecule has 0 fully saturated rings. The highest BCUT2D eigenvalue weighted by Crippen LogP contribution is 1.90. The molecule has 0 atom stereocenters. The van der Waals surface area contributed by atoms with E-state index in [2.05, 4.69) is 9.11 Å². The summed E-state index contributed by atoms with van der Waals surface area (Å²) in [6, 6.07) is 5.86. The standard InChI is InChI=1S/C6H7N.C2H7NS2/c1-6-4-2-3-5-7-6;1-4-3-5-2/h2-5H,1H3;3H,1-2H3. The molecule has 4 heteroatoms. The molecule has 0 aliphatic heterocycles. The number of pyridine rings is 1. The Morgan fingerprint density at radius 1 is 1.25 bits per heavy atom. The number of nitrogens with zero attached hydrogens (tertiary/aromatic N) is 1. The number of rotatable bonds is 2. The highest BCUT2D eigenvalue weighted by atomic mass is 32.2. The fourth-order valence-electron chi connectivity index (χ4n) is 0.531. The average molecular weight is 202 g/mol. The van der Waals surface area contributed by atoms with Gasteiger partial charge in [0.15, 0.2) is 0 Å². The van der Waals surface area contributed by atoms with Gasteiger partial charge in [-0.1, -0.05) is 30.0 Å². The molecule has 68 valence electrons. The maximum absolute atomic E-state index is 3.98. The highest BCUT2D eigenvalue weighted by molar-refractivity contribution is 8.12. The predicted molar refractivity (Wildman–Crippen MR) is 59.1 cm³/mol. The van der Waals surface area contributed by atoms with Crippen LogP contribution in [-0.4, -0.2) is 17.5 Å². The van der Waals surface area contributed by atoms with E-state index in [4.69, 9.17) is 0 Å². The lowest BCUT2D eigenvalue weighted by Gasteiger charge is -1.84. The summed E-state index contributed by atoms with van der Waals surface area (Å²) in [7, 11) is 0. The summed E-state index contributed by atoms with van der Waals surface area (Å²) in [5.41, 5.74) is 1.07. The lowest BCUT2D eigenvalue weighted by atomic mass is 10.4. The predicted octanol–water partition coefficient (Wildman–Crippen LogP) is 2.52. The summed E-state index contributed by atoms with van der Waals surface area (Å²) in [4.78, 5) is 3.98. The number of hydrogen-bond donors (Lipinski definition) is 1. The van der Waals surface area contributed by atoms with Gasteiger partial charge in [0, 0.05) is 11.9 Å². The molecule has 0 aliphatic rings. The lowest BCUT2D eigenvalue weighted by molar-refractivity contribution is 1.20. The van der Waals surface area contributed by atoms with Crippen molar-refractivity contribution >= 4 is 23.9 Å². The van der Waals surface area contributed by atoms with Crippen LogP contribution in [-0.2, 0) is 0 Å². The number of aryl methyl sites for hydroxylation is 1.